The fourth-order valence-corrected chi connectivity index (χ4v) is 3.17. The van der Waals surface area contributed by atoms with Crippen LogP contribution in [0.5, 0.6) is 0 Å². The topological polar surface area (TPSA) is 48.6 Å². The molecular formula is C21H21NO2S. The van der Waals surface area contributed by atoms with Gasteiger partial charge in [0.25, 0.3) is 0 Å². The molecule has 1 atom stereocenters. The zero-order valence-corrected chi connectivity index (χ0v) is 16.0. The number of hydrogen-bond acceptors (Lipinski definition) is 3. The number of furan rings is 1. The van der Waals surface area contributed by atoms with E-state index < -0.39 is 11.4 Å². The minimum atomic E-state index is -1.28. The minimum absolute atomic E-state index is 0.374. The number of rotatable bonds is 2. The van der Waals surface area contributed by atoms with Crippen LogP contribution in [-0.2, 0) is 11.4 Å². The standard InChI is InChI=1S/C21H21NO2S/c1-6-7-15-8-10-19-17(12-15)18-13-16(9-11-20(18)24-19)14(2)22-25(23)21(3,4)5/h8-13H,1-5H3. The Morgan fingerprint density at radius 1 is 1.08 bits per heavy atom. The molecule has 1 aromatic heterocycles. The third-order valence-electron chi connectivity index (χ3n) is 3.90. The lowest BCUT2D eigenvalue weighted by Gasteiger charge is -2.18. The van der Waals surface area contributed by atoms with Gasteiger partial charge in [-0.05, 0) is 71.0 Å². The first-order valence-electron chi connectivity index (χ1n) is 8.16. The summed E-state index contributed by atoms with van der Waals surface area (Å²) >= 11 is -1.28. The van der Waals surface area contributed by atoms with Crippen molar-refractivity contribution in [2.45, 2.75) is 39.4 Å². The van der Waals surface area contributed by atoms with Gasteiger partial charge in [-0.3, -0.25) is 0 Å². The maximum Gasteiger partial charge on any atom is 0.144 e. The monoisotopic (exact) mass is 351 g/mol. The van der Waals surface area contributed by atoms with Crippen LogP contribution in [0.2, 0.25) is 0 Å². The first kappa shape index (κ1) is 17.6. The molecule has 0 amide bonds. The summed E-state index contributed by atoms with van der Waals surface area (Å²) in [5.74, 6) is 6.00. The third-order valence-corrected chi connectivity index (χ3v) is 5.39. The lowest BCUT2D eigenvalue weighted by atomic mass is 10.1. The van der Waals surface area contributed by atoms with Crippen molar-refractivity contribution in [3.8, 4) is 11.8 Å². The van der Waals surface area contributed by atoms with Gasteiger partial charge in [-0.1, -0.05) is 10.3 Å². The molecule has 3 nitrogen and oxygen atoms in total. The van der Waals surface area contributed by atoms with Crippen LogP contribution < -0.4 is 0 Å². The summed E-state index contributed by atoms with van der Waals surface area (Å²) in [6.45, 7) is 9.47. The van der Waals surface area contributed by atoms with E-state index in [9.17, 15) is 4.55 Å². The van der Waals surface area contributed by atoms with Crippen molar-refractivity contribution < 1.29 is 8.97 Å². The van der Waals surface area contributed by atoms with Crippen LogP contribution in [0.4, 0.5) is 0 Å². The van der Waals surface area contributed by atoms with Crippen LogP contribution in [0.15, 0.2) is 45.2 Å². The first-order chi connectivity index (χ1) is 11.8. The van der Waals surface area contributed by atoms with Crippen molar-refractivity contribution in [3.63, 3.8) is 0 Å². The summed E-state index contributed by atoms with van der Waals surface area (Å²) in [4.78, 5) is 0. The predicted molar refractivity (Wildman–Crippen MR) is 106 cm³/mol. The van der Waals surface area contributed by atoms with Crippen LogP contribution in [0.3, 0.4) is 0 Å². The highest BCUT2D eigenvalue weighted by Gasteiger charge is 2.26. The van der Waals surface area contributed by atoms with E-state index in [1.165, 1.54) is 0 Å². The lowest BCUT2D eigenvalue weighted by Crippen LogP contribution is -2.26. The van der Waals surface area contributed by atoms with Crippen molar-refractivity contribution in [2.75, 3.05) is 0 Å². The summed E-state index contributed by atoms with van der Waals surface area (Å²) < 4.78 is 22.2. The zero-order chi connectivity index (χ0) is 18.2. The van der Waals surface area contributed by atoms with Crippen LogP contribution in [0, 0.1) is 11.8 Å². The molecule has 0 saturated heterocycles. The molecule has 3 aromatic rings. The Morgan fingerprint density at radius 2 is 1.72 bits per heavy atom. The van der Waals surface area contributed by atoms with Gasteiger partial charge in [-0.25, -0.2) is 0 Å². The van der Waals surface area contributed by atoms with Gasteiger partial charge in [0.1, 0.15) is 27.3 Å². The van der Waals surface area contributed by atoms with Gasteiger partial charge in [0.15, 0.2) is 0 Å². The van der Waals surface area contributed by atoms with Gasteiger partial charge >= 0.3 is 0 Å². The molecule has 4 heteroatoms. The molecule has 1 unspecified atom stereocenters. The highest BCUT2D eigenvalue weighted by Crippen LogP contribution is 2.30. The quantitative estimate of drug-likeness (QED) is 0.361. The summed E-state index contributed by atoms with van der Waals surface area (Å²) in [5, 5.41) is 2.05. The van der Waals surface area contributed by atoms with Crippen molar-refractivity contribution in [2.24, 2.45) is 4.40 Å². The molecule has 0 saturated carbocycles. The van der Waals surface area contributed by atoms with Crippen LogP contribution >= 0.6 is 0 Å². The van der Waals surface area contributed by atoms with Crippen molar-refractivity contribution >= 4 is 39.0 Å². The number of fused-ring (bicyclic) bond motifs is 3. The van der Waals surface area contributed by atoms with Gasteiger partial charge in [-0.15, -0.1) is 5.92 Å². The minimum Gasteiger partial charge on any atom is -0.591 e. The molecule has 0 fully saturated rings. The third kappa shape index (κ3) is 3.58. The van der Waals surface area contributed by atoms with Crippen molar-refractivity contribution in [1.29, 1.82) is 0 Å². The smallest absolute Gasteiger partial charge is 0.144 e. The normalized spacial score (nSPS) is 13.8. The number of nitrogens with zero attached hydrogens (tertiary/aromatic N) is 1. The predicted octanol–water partition coefficient (Wildman–Crippen LogP) is 5.23. The Bertz CT molecular complexity index is 1030. The highest BCUT2D eigenvalue weighted by atomic mass is 32.2. The average Bonchev–Trinajstić information content (AvgIpc) is 2.91. The molecule has 3 rings (SSSR count). The van der Waals surface area contributed by atoms with Gasteiger partial charge < -0.3 is 8.97 Å². The molecule has 1 heterocycles. The molecule has 0 N–H and O–H groups in total. The second-order valence-electron chi connectivity index (χ2n) is 6.94. The molecular weight excluding hydrogens is 330 g/mol. The van der Waals surface area contributed by atoms with E-state index in [-0.39, 0.29) is 4.75 Å². The fourth-order valence-electron chi connectivity index (χ4n) is 2.54. The van der Waals surface area contributed by atoms with Crippen LogP contribution in [0.25, 0.3) is 21.9 Å². The number of benzene rings is 2. The maximum absolute atomic E-state index is 12.3. The van der Waals surface area contributed by atoms with Crippen LogP contribution in [0.1, 0.15) is 45.7 Å². The lowest BCUT2D eigenvalue weighted by molar-refractivity contribution is 0.561. The fraction of sp³-hybridized carbons (Fsp3) is 0.286. The first-order valence-corrected chi connectivity index (χ1v) is 9.27. The summed E-state index contributed by atoms with van der Waals surface area (Å²) in [6.07, 6.45) is 0. The van der Waals surface area contributed by atoms with E-state index in [1.807, 2.05) is 71.0 Å². The van der Waals surface area contributed by atoms with E-state index in [0.717, 1.165) is 38.8 Å². The van der Waals surface area contributed by atoms with Crippen LogP contribution in [-0.4, -0.2) is 15.0 Å². The molecule has 0 spiro atoms. The van der Waals surface area contributed by atoms with Gasteiger partial charge in [0.2, 0.25) is 0 Å². The Morgan fingerprint density at radius 3 is 2.36 bits per heavy atom. The van der Waals surface area contributed by atoms with E-state index in [0.29, 0.717) is 0 Å². The molecule has 0 bridgehead atoms. The summed E-state index contributed by atoms with van der Waals surface area (Å²) in [6, 6.07) is 11.9. The SMILES string of the molecule is CC#Cc1ccc2oc3ccc(C(C)=N[S+]([O-])C(C)(C)C)cc3c2c1. The van der Waals surface area contributed by atoms with E-state index in [1.54, 1.807) is 0 Å². The Labute approximate surface area is 151 Å². The zero-order valence-electron chi connectivity index (χ0n) is 15.1. The van der Waals surface area contributed by atoms with Gasteiger partial charge in [-0.2, -0.15) is 0 Å². The molecule has 25 heavy (non-hydrogen) atoms. The van der Waals surface area contributed by atoms with E-state index in [4.69, 9.17) is 4.42 Å². The van der Waals surface area contributed by atoms with E-state index in [2.05, 4.69) is 16.2 Å². The van der Waals surface area contributed by atoms with Gasteiger partial charge in [0, 0.05) is 21.9 Å². The second kappa shape index (κ2) is 6.59. The Hall–Kier alpha value is -2.22. The molecule has 0 aliphatic carbocycles. The summed E-state index contributed by atoms with van der Waals surface area (Å²) in [5.41, 5.74) is 4.32. The molecule has 2 aromatic carbocycles. The van der Waals surface area contributed by atoms with Crippen molar-refractivity contribution in [3.05, 3.63) is 47.5 Å². The molecule has 0 aliphatic heterocycles. The second-order valence-corrected chi connectivity index (χ2v) is 8.84. The highest BCUT2D eigenvalue weighted by molar-refractivity contribution is 7.91. The Balaban J connectivity index is 2.12. The van der Waals surface area contributed by atoms with Crippen molar-refractivity contribution in [1.82, 2.24) is 0 Å². The largest absolute Gasteiger partial charge is 0.591 e. The average molecular weight is 351 g/mol. The maximum atomic E-state index is 12.3. The number of hydrogen-bond donors (Lipinski definition) is 0. The van der Waals surface area contributed by atoms with E-state index >= 15 is 0 Å². The Kier molecular flexibility index (Phi) is 4.64. The molecule has 0 radical (unpaired) electrons. The molecule has 0 aliphatic rings. The molecule has 128 valence electrons. The van der Waals surface area contributed by atoms with Gasteiger partial charge in [0.05, 0.1) is 5.71 Å². The summed E-state index contributed by atoms with van der Waals surface area (Å²) in [7, 11) is 0.